The fourth-order valence-electron chi connectivity index (χ4n) is 3.59. The molecule has 0 aliphatic rings. The number of non-ortho nitro benzene ring substituents is 1. The highest BCUT2D eigenvalue weighted by atomic mass is 16.6. The van der Waals surface area contributed by atoms with Crippen LogP contribution >= 0.6 is 0 Å². The van der Waals surface area contributed by atoms with Gasteiger partial charge in [0.2, 0.25) is 0 Å². The molecule has 4 aromatic rings. The van der Waals surface area contributed by atoms with Crippen LogP contribution in [-0.4, -0.2) is 9.91 Å². The molecule has 0 saturated carbocycles. The van der Waals surface area contributed by atoms with Crippen molar-refractivity contribution in [3.05, 3.63) is 104 Å². The lowest BCUT2D eigenvalue weighted by molar-refractivity contribution is -0.384. The summed E-state index contributed by atoms with van der Waals surface area (Å²) in [4.78, 5) is 27.4. The molecule has 0 aliphatic carbocycles. The SMILES string of the molecule is CCc1c(Cc2cccc([N+](=O)[O-])c2)c(=O)oc2cc(-c3ccncc3)ccc12. The van der Waals surface area contributed by atoms with Crippen LogP contribution in [0.5, 0.6) is 0 Å². The van der Waals surface area contributed by atoms with Crippen LogP contribution in [0.2, 0.25) is 0 Å². The predicted molar refractivity (Wildman–Crippen MR) is 111 cm³/mol. The fraction of sp³-hybridized carbons (Fsp3) is 0.130. The Morgan fingerprint density at radius 1 is 1.00 bits per heavy atom. The minimum atomic E-state index is -0.437. The Morgan fingerprint density at radius 3 is 2.52 bits per heavy atom. The predicted octanol–water partition coefficient (Wildman–Crippen LogP) is 4.92. The highest BCUT2D eigenvalue weighted by Crippen LogP contribution is 2.28. The number of fused-ring (bicyclic) bond motifs is 1. The van der Waals surface area contributed by atoms with Crippen LogP contribution in [0.1, 0.15) is 23.6 Å². The molecule has 0 aliphatic heterocycles. The molecule has 2 heterocycles. The number of hydrogen-bond donors (Lipinski definition) is 0. The summed E-state index contributed by atoms with van der Waals surface area (Å²) in [5, 5.41) is 11.9. The van der Waals surface area contributed by atoms with E-state index in [9.17, 15) is 14.9 Å². The van der Waals surface area contributed by atoms with Crippen molar-refractivity contribution in [3.8, 4) is 11.1 Å². The first-order chi connectivity index (χ1) is 14.1. The second-order valence-corrected chi connectivity index (χ2v) is 6.75. The Balaban J connectivity index is 1.81. The van der Waals surface area contributed by atoms with Crippen molar-refractivity contribution >= 4 is 16.7 Å². The molecule has 0 radical (unpaired) electrons. The molecular formula is C23H18N2O4. The van der Waals surface area contributed by atoms with E-state index in [4.69, 9.17) is 4.42 Å². The number of rotatable bonds is 5. The maximum Gasteiger partial charge on any atom is 0.340 e. The molecule has 0 N–H and O–H groups in total. The molecule has 0 unspecified atom stereocenters. The minimum absolute atomic E-state index is 0.00715. The Bertz CT molecular complexity index is 1260. The fourth-order valence-corrected chi connectivity index (χ4v) is 3.59. The van der Waals surface area contributed by atoms with E-state index in [1.165, 1.54) is 12.1 Å². The molecule has 2 aromatic heterocycles. The van der Waals surface area contributed by atoms with Crippen molar-refractivity contribution in [2.75, 3.05) is 0 Å². The van der Waals surface area contributed by atoms with Gasteiger partial charge >= 0.3 is 5.63 Å². The van der Waals surface area contributed by atoms with Gasteiger partial charge in [-0.3, -0.25) is 15.1 Å². The van der Waals surface area contributed by atoms with Crippen molar-refractivity contribution in [2.24, 2.45) is 0 Å². The first-order valence-corrected chi connectivity index (χ1v) is 9.29. The number of hydrogen-bond acceptors (Lipinski definition) is 5. The van der Waals surface area contributed by atoms with Crippen LogP contribution < -0.4 is 5.63 Å². The summed E-state index contributed by atoms with van der Waals surface area (Å²) in [6, 6.07) is 16.0. The van der Waals surface area contributed by atoms with Gasteiger partial charge in [-0.15, -0.1) is 0 Å². The molecular weight excluding hydrogens is 368 g/mol. The van der Waals surface area contributed by atoms with E-state index in [1.54, 1.807) is 24.5 Å². The lowest BCUT2D eigenvalue weighted by Crippen LogP contribution is -2.12. The minimum Gasteiger partial charge on any atom is -0.422 e. The zero-order valence-electron chi connectivity index (χ0n) is 15.8. The summed E-state index contributed by atoms with van der Waals surface area (Å²) in [5.41, 5.74) is 4.21. The lowest BCUT2D eigenvalue weighted by Gasteiger charge is -2.11. The van der Waals surface area contributed by atoms with E-state index in [0.717, 1.165) is 22.1 Å². The highest BCUT2D eigenvalue weighted by Gasteiger charge is 2.16. The van der Waals surface area contributed by atoms with Crippen molar-refractivity contribution in [1.82, 2.24) is 4.98 Å². The summed E-state index contributed by atoms with van der Waals surface area (Å²) in [6.07, 6.45) is 4.38. The zero-order chi connectivity index (χ0) is 20.4. The maximum atomic E-state index is 12.8. The number of aryl methyl sites for hydroxylation is 1. The van der Waals surface area contributed by atoms with Gasteiger partial charge in [-0.25, -0.2) is 4.79 Å². The number of nitro benzene ring substituents is 1. The average molecular weight is 386 g/mol. The van der Waals surface area contributed by atoms with Crippen LogP contribution in [0.4, 0.5) is 5.69 Å². The molecule has 0 atom stereocenters. The van der Waals surface area contributed by atoms with E-state index in [1.807, 2.05) is 37.3 Å². The third-order valence-electron chi connectivity index (χ3n) is 4.99. The van der Waals surface area contributed by atoms with Gasteiger partial charge in [0, 0.05) is 41.9 Å². The molecule has 0 spiro atoms. The lowest BCUT2D eigenvalue weighted by atomic mass is 9.95. The molecule has 0 saturated heterocycles. The number of benzene rings is 2. The van der Waals surface area contributed by atoms with Crippen molar-refractivity contribution < 1.29 is 9.34 Å². The second-order valence-electron chi connectivity index (χ2n) is 6.75. The molecule has 0 bridgehead atoms. The Hall–Kier alpha value is -3.80. The first kappa shape index (κ1) is 18.6. The van der Waals surface area contributed by atoms with Gasteiger partial charge in [0.1, 0.15) is 5.58 Å². The molecule has 0 fully saturated rings. The van der Waals surface area contributed by atoms with Crippen LogP contribution in [0.15, 0.2) is 76.2 Å². The third kappa shape index (κ3) is 3.65. The van der Waals surface area contributed by atoms with E-state index in [2.05, 4.69) is 4.98 Å². The van der Waals surface area contributed by atoms with Gasteiger partial charge in [-0.1, -0.05) is 31.2 Å². The average Bonchev–Trinajstić information content (AvgIpc) is 2.74. The van der Waals surface area contributed by atoms with Gasteiger partial charge < -0.3 is 4.42 Å². The monoisotopic (exact) mass is 386 g/mol. The number of pyridine rings is 1. The van der Waals surface area contributed by atoms with Gasteiger partial charge in [0.25, 0.3) is 5.69 Å². The quantitative estimate of drug-likeness (QED) is 0.276. The standard InChI is InChI=1S/C23H18N2O4/c1-2-19-20-7-6-17(16-8-10-24-11-9-16)14-22(20)29-23(26)21(19)13-15-4-3-5-18(12-15)25(27)28/h3-12,14H,2,13H2,1H3. The normalized spacial score (nSPS) is 10.9. The maximum absolute atomic E-state index is 12.8. The highest BCUT2D eigenvalue weighted by molar-refractivity contribution is 5.86. The van der Waals surface area contributed by atoms with Gasteiger partial charge in [-0.2, -0.15) is 0 Å². The number of nitro groups is 1. The van der Waals surface area contributed by atoms with E-state index in [0.29, 0.717) is 23.1 Å². The van der Waals surface area contributed by atoms with Crippen LogP contribution in [-0.2, 0) is 12.8 Å². The van der Waals surface area contributed by atoms with E-state index in [-0.39, 0.29) is 12.1 Å². The largest absolute Gasteiger partial charge is 0.422 e. The van der Waals surface area contributed by atoms with E-state index >= 15 is 0 Å². The topological polar surface area (TPSA) is 86.2 Å². The smallest absolute Gasteiger partial charge is 0.340 e. The van der Waals surface area contributed by atoms with Crippen LogP contribution in [0, 0.1) is 10.1 Å². The van der Waals surface area contributed by atoms with Gasteiger partial charge in [-0.05, 0) is 46.9 Å². The van der Waals surface area contributed by atoms with Crippen molar-refractivity contribution in [1.29, 1.82) is 0 Å². The molecule has 2 aromatic carbocycles. The van der Waals surface area contributed by atoms with Gasteiger partial charge in [0.05, 0.1) is 4.92 Å². The Morgan fingerprint density at radius 2 is 1.79 bits per heavy atom. The van der Waals surface area contributed by atoms with E-state index < -0.39 is 10.5 Å². The molecule has 0 amide bonds. The summed E-state index contributed by atoms with van der Waals surface area (Å²) in [7, 11) is 0. The second kappa shape index (κ2) is 7.67. The van der Waals surface area contributed by atoms with Crippen LogP contribution in [0.25, 0.3) is 22.1 Å². The molecule has 144 valence electrons. The third-order valence-corrected chi connectivity index (χ3v) is 4.99. The molecule has 6 nitrogen and oxygen atoms in total. The van der Waals surface area contributed by atoms with Crippen LogP contribution in [0.3, 0.4) is 0 Å². The Labute approximate surface area is 166 Å². The summed E-state index contributed by atoms with van der Waals surface area (Å²) < 4.78 is 5.64. The molecule has 6 heteroatoms. The van der Waals surface area contributed by atoms with Crippen molar-refractivity contribution in [3.63, 3.8) is 0 Å². The first-order valence-electron chi connectivity index (χ1n) is 9.29. The summed E-state index contributed by atoms with van der Waals surface area (Å²) >= 11 is 0. The van der Waals surface area contributed by atoms with Crippen molar-refractivity contribution in [2.45, 2.75) is 19.8 Å². The Kier molecular flexibility index (Phi) is 4.91. The zero-order valence-corrected chi connectivity index (χ0v) is 15.8. The molecule has 29 heavy (non-hydrogen) atoms. The number of nitrogens with zero attached hydrogens (tertiary/aromatic N) is 2. The number of aromatic nitrogens is 1. The summed E-state index contributed by atoms with van der Waals surface area (Å²) in [6.45, 7) is 1.99. The molecule has 4 rings (SSSR count). The van der Waals surface area contributed by atoms with Gasteiger partial charge in [0.15, 0.2) is 0 Å². The summed E-state index contributed by atoms with van der Waals surface area (Å²) in [5.74, 6) is 0.